The lowest BCUT2D eigenvalue weighted by Crippen LogP contribution is -2.29. The van der Waals surface area contributed by atoms with Gasteiger partial charge in [-0.1, -0.05) is 42.0 Å². The van der Waals surface area contributed by atoms with Crippen LogP contribution in [0.15, 0.2) is 78.9 Å². The number of hydrogen-bond acceptors (Lipinski definition) is 5. The maximum atomic E-state index is 11.3. The second kappa shape index (κ2) is 9.16. The molecular weight excluding hydrogens is 440 g/mol. The normalized spacial score (nSPS) is 20.5. The molecule has 0 saturated carbocycles. The summed E-state index contributed by atoms with van der Waals surface area (Å²) in [5.41, 5.74) is 2.95. The molecule has 7 heteroatoms. The molecule has 1 heterocycles. The molecule has 33 heavy (non-hydrogen) atoms. The summed E-state index contributed by atoms with van der Waals surface area (Å²) in [4.78, 5) is 10.9. The number of allylic oxidation sites excluding steroid dienone is 2. The average Bonchev–Trinajstić information content (AvgIpc) is 3.33. The first-order chi connectivity index (χ1) is 16.1. The monoisotopic (exact) mass is 462 g/mol. The molecule has 2 aliphatic rings. The van der Waals surface area contributed by atoms with Gasteiger partial charge in [-0.25, -0.2) is 0 Å². The van der Waals surface area contributed by atoms with Gasteiger partial charge in [-0.3, -0.25) is 10.1 Å². The molecule has 0 radical (unpaired) electrons. The fourth-order valence-electron chi connectivity index (χ4n) is 4.69. The highest BCUT2D eigenvalue weighted by molar-refractivity contribution is 6.31. The van der Waals surface area contributed by atoms with Crippen LogP contribution < -0.4 is 14.8 Å². The second-order valence-corrected chi connectivity index (χ2v) is 8.60. The quantitative estimate of drug-likeness (QED) is 0.187. The predicted octanol–water partition coefficient (Wildman–Crippen LogP) is 6.53. The minimum Gasteiger partial charge on any atom is -0.490 e. The first-order valence-electron chi connectivity index (χ1n) is 10.9. The highest BCUT2D eigenvalue weighted by Gasteiger charge is 2.39. The van der Waals surface area contributed by atoms with Crippen molar-refractivity contribution >= 4 is 23.0 Å². The molecule has 168 valence electrons. The summed E-state index contributed by atoms with van der Waals surface area (Å²) in [5, 5.41) is 15.4. The van der Waals surface area contributed by atoms with E-state index in [2.05, 4.69) is 23.5 Å². The van der Waals surface area contributed by atoms with Gasteiger partial charge in [-0.2, -0.15) is 0 Å². The molecule has 3 atom stereocenters. The number of benzene rings is 3. The van der Waals surface area contributed by atoms with Crippen LogP contribution in [0.25, 0.3) is 0 Å². The lowest BCUT2D eigenvalue weighted by Gasteiger charge is -2.38. The van der Waals surface area contributed by atoms with Gasteiger partial charge < -0.3 is 14.8 Å². The van der Waals surface area contributed by atoms with Gasteiger partial charge >= 0.3 is 0 Å². The van der Waals surface area contributed by atoms with Crippen molar-refractivity contribution in [2.45, 2.75) is 18.4 Å². The standard InChI is InChI=1S/C26H23ClN2O4/c27-24-11-9-17(29(30)31)15-23(24)26-21-8-4-7-20(21)22-16-19(10-12-25(22)28-26)33-14-13-32-18-5-2-1-3-6-18/h1-7,9-12,15-16,20-21,26,28H,8,13-14H2. The molecule has 3 aromatic rings. The van der Waals surface area contributed by atoms with Gasteiger partial charge in [-0.05, 0) is 54.3 Å². The van der Waals surface area contributed by atoms with Gasteiger partial charge in [0.25, 0.3) is 5.69 Å². The zero-order valence-electron chi connectivity index (χ0n) is 17.8. The number of nitrogens with zero attached hydrogens (tertiary/aromatic N) is 1. The Morgan fingerprint density at radius 3 is 2.55 bits per heavy atom. The molecule has 0 fully saturated rings. The van der Waals surface area contributed by atoms with Crippen molar-refractivity contribution in [1.82, 2.24) is 0 Å². The van der Waals surface area contributed by atoms with Gasteiger partial charge in [-0.15, -0.1) is 0 Å². The molecular formula is C26H23ClN2O4. The van der Waals surface area contributed by atoms with E-state index in [1.165, 1.54) is 6.07 Å². The summed E-state index contributed by atoms with van der Waals surface area (Å²) < 4.78 is 11.6. The molecule has 1 aliphatic carbocycles. The number of anilines is 1. The topological polar surface area (TPSA) is 73.6 Å². The number of ether oxygens (including phenoxy) is 2. The Morgan fingerprint density at radius 2 is 1.76 bits per heavy atom. The minimum atomic E-state index is -0.383. The van der Waals surface area contributed by atoms with E-state index in [9.17, 15) is 10.1 Å². The van der Waals surface area contributed by atoms with Gasteiger partial charge in [0.05, 0.1) is 11.0 Å². The largest absolute Gasteiger partial charge is 0.490 e. The Bertz CT molecular complexity index is 1200. The first kappa shape index (κ1) is 21.3. The molecule has 0 bridgehead atoms. The second-order valence-electron chi connectivity index (χ2n) is 8.20. The Labute approximate surface area is 196 Å². The lowest BCUT2D eigenvalue weighted by molar-refractivity contribution is -0.384. The third-order valence-corrected chi connectivity index (χ3v) is 6.57. The van der Waals surface area contributed by atoms with Crippen molar-refractivity contribution in [3.63, 3.8) is 0 Å². The van der Waals surface area contributed by atoms with Crippen LogP contribution in [-0.2, 0) is 0 Å². The zero-order valence-corrected chi connectivity index (χ0v) is 18.6. The Balaban J connectivity index is 1.33. The Kier molecular flexibility index (Phi) is 5.92. The summed E-state index contributed by atoms with van der Waals surface area (Å²) in [6.07, 6.45) is 5.26. The van der Waals surface area contributed by atoms with Gasteiger partial charge in [0.2, 0.25) is 0 Å². The van der Waals surface area contributed by atoms with Crippen LogP contribution in [0.2, 0.25) is 5.02 Å². The zero-order chi connectivity index (χ0) is 22.8. The summed E-state index contributed by atoms with van der Waals surface area (Å²) in [6, 6.07) is 20.2. The molecule has 0 saturated heterocycles. The van der Waals surface area contributed by atoms with E-state index in [1.54, 1.807) is 12.1 Å². The highest BCUT2D eigenvalue weighted by atomic mass is 35.5. The highest BCUT2D eigenvalue weighted by Crippen LogP contribution is 2.51. The van der Waals surface area contributed by atoms with Crippen molar-refractivity contribution in [1.29, 1.82) is 0 Å². The molecule has 0 aromatic heterocycles. The molecule has 0 spiro atoms. The van der Waals surface area contributed by atoms with E-state index < -0.39 is 0 Å². The van der Waals surface area contributed by atoms with E-state index in [0.29, 0.717) is 18.2 Å². The summed E-state index contributed by atoms with van der Waals surface area (Å²) in [5.74, 6) is 2.01. The molecule has 6 nitrogen and oxygen atoms in total. The van der Waals surface area contributed by atoms with Gasteiger partial charge in [0, 0.05) is 34.3 Å². The van der Waals surface area contributed by atoms with Gasteiger partial charge in [0.1, 0.15) is 24.7 Å². The number of rotatable bonds is 7. The fraction of sp³-hybridized carbons (Fsp3) is 0.231. The third kappa shape index (κ3) is 4.39. The fourth-order valence-corrected chi connectivity index (χ4v) is 4.92. The number of non-ortho nitro benzene ring substituents is 1. The van der Waals surface area contributed by atoms with Crippen molar-refractivity contribution in [3.8, 4) is 11.5 Å². The summed E-state index contributed by atoms with van der Waals surface area (Å²) in [7, 11) is 0. The van der Waals surface area contributed by atoms with E-state index in [4.69, 9.17) is 21.1 Å². The van der Waals surface area contributed by atoms with Crippen LogP contribution in [0.5, 0.6) is 11.5 Å². The van der Waals surface area contributed by atoms with Crippen LogP contribution in [0.1, 0.15) is 29.5 Å². The van der Waals surface area contributed by atoms with E-state index in [0.717, 1.165) is 34.7 Å². The summed E-state index contributed by atoms with van der Waals surface area (Å²) in [6.45, 7) is 0.898. The molecule has 0 amide bonds. The smallest absolute Gasteiger partial charge is 0.269 e. The number of nitro groups is 1. The Morgan fingerprint density at radius 1 is 0.970 bits per heavy atom. The van der Waals surface area contributed by atoms with Crippen molar-refractivity contribution in [2.75, 3.05) is 18.5 Å². The molecule has 5 rings (SSSR count). The molecule has 1 N–H and O–H groups in total. The predicted molar refractivity (Wildman–Crippen MR) is 128 cm³/mol. The van der Waals surface area contributed by atoms with Crippen molar-refractivity contribution in [3.05, 3.63) is 105 Å². The first-order valence-corrected chi connectivity index (χ1v) is 11.3. The van der Waals surface area contributed by atoms with E-state index in [1.807, 2.05) is 42.5 Å². The SMILES string of the molecule is O=[N+]([O-])c1ccc(Cl)c(C2Nc3ccc(OCCOc4ccccc4)cc3C3C=CCC32)c1. The summed E-state index contributed by atoms with van der Waals surface area (Å²) >= 11 is 6.48. The van der Waals surface area contributed by atoms with E-state index >= 15 is 0 Å². The number of hydrogen-bond donors (Lipinski definition) is 1. The van der Waals surface area contributed by atoms with Crippen LogP contribution >= 0.6 is 11.6 Å². The maximum absolute atomic E-state index is 11.3. The van der Waals surface area contributed by atoms with Crippen LogP contribution in [0.3, 0.4) is 0 Å². The number of nitrogens with one attached hydrogen (secondary N) is 1. The number of halogens is 1. The van der Waals surface area contributed by atoms with Gasteiger partial charge in [0.15, 0.2) is 0 Å². The van der Waals surface area contributed by atoms with Crippen LogP contribution in [0, 0.1) is 16.0 Å². The number of para-hydroxylation sites is 1. The van der Waals surface area contributed by atoms with Crippen molar-refractivity contribution < 1.29 is 14.4 Å². The van der Waals surface area contributed by atoms with Crippen molar-refractivity contribution in [2.24, 2.45) is 5.92 Å². The van der Waals surface area contributed by atoms with Crippen LogP contribution in [-0.4, -0.2) is 18.1 Å². The lowest BCUT2D eigenvalue weighted by atomic mass is 9.77. The minimum absolute atomic E-state index is 0.0472. The van der Waals surface area contributed by atoms with E-state index in [-0.39, 0.29) is 28.5 Å². The third-order valence-electron chi connectivity index (χ3n) is 6.22. The molecule has 1 aliphatic heterocycles. The molecule has 3 aromatic carbocycles. The van der Waals surface area contributed by atoms with Crippen LogP contribution in [0.4, 0.5) is 11.4 Å². The number of nitro benzene ring substituents is 1. The number of fused-ring (bicyclic) bond motifs is 3. The molecule has 3 unspecified atom stereocenters. The Hall–Kier alpha value is -3.51. The maximum Gasteiger partial charge on any atom is 0.269 e. The average molecular weight is 463 g/mol.